The van der Waals surface area contributed by atoms with E-state index in [1.165, 1.54) is 12.3 Å². The van der Waals surface area contributed by atoms with Gasteiger partial charge in [-0.25, -0.2) is 9.50 Å². The number of carbonyl (C=O) groups is 1. The van der Waals surface area contributed by atoms with Crippen molar-refractivity contribution < 1.29 is 22.7 Å². The van der Waals surface area contributed by atoms with Gasteiger partial charge in [0.2, 0.25) is 0 Å². The van der Waals surface area contributed by atoms with Crippen LogP contribution < -0.4 is 9.64 Å². The fourth-order valence-electron chi connectivity index (χ4n) is 4.26. The number of hydrogen-bond acceptors (Lipinski definition) is 5. The Hall–Kier alpha value is -4.08. The summed E-state index contributed by atoms with van der Waals surface area (Å²) in [7, 11) is 1.60. The van der Waals surface area contributed by atoms with Crippen molar-refractivity contribution in [2.24, 2.45) is 0 Å². The maximum Gasteiger partial charge on any atom is 0.416 e. The summed E-state index contributed by atoms with van der Waals surface area (Å²) in [5, 5.41) is 4.41. The molecular formula is C25H22F3N5O2. The van der Waals surface area contributed by atoms with Gasteiger partial charge in [0.25, 0.3) is 5.91 Å². The number of rotatable bonds is 4. The smallest absolute Gasteiger partial charge is 0.416 e. The highest BCUT2D eigenvalue weighted by molar-refractivity contribution is 6.00. The highest BCUT2D eigenvalue weighted by atomic mass is 19.4. The van der Waals surface area contributed by atoms with Crippen LogP contribution in [0, 0.1) is 0 Å². The number of piperazine rings is 1. The number of benzene rings is 2. The number of halogens is 3. The van der Waals surface area contributed by atoms with Gasteiger partial charge in [0, 0.05) is 43.6 Å². The molecule has 5 rings (SSSR count). The van der Waals surface area contributed by atoms with Gasteiger partial charge in [-0.05, 0) is 36.4 Å². The molecule has 0 unspecified atom stereocenters. The van der Waals surface area contributed by atoms with Crippen molar-refractivity contribution in [1.29, 1.82) is 0 Å². The zero-order chi connectivity index (χ0) is 24.6. The predicted molar refractivity (Wildman–Crippen MR) is 125 cm³/mol. The Balaban J connectivity index is 1.35. The van der Waals surface area contributed by atoms with Crippen LogP contribution in [0.15, 0.2) is 67.0 Å². The second kappa shape index (κ2) is 8.94. The zero-order valence-electron chi connectivity index (χ0n) is 18.9. The number of alkyl halides is 3. The number of anilines is 1. The molecule has 7 nitrogen and oxygen atoms in total. The van der Waals surface area contributed by atoms with Crippen LogP contribution in [-0.2, 0) is 6.18 Å². The quantitative estimate of drug-likeness (QED) is 0.433. The molecule has 0 bridgehead atoms. The van der Waals surface area contributed by atoms with E-state index in [-0.39, 0.29) is 5.91 Å². The molecule has 0 spiro atoms. The maximum absolute atomic E-state index is 13.3. The molecule has 1 aliphatic heterocycles. The number of aromatic nitrogens is 3. The third-order valence-corrected chi connectivity index (χ3v) is 6.10. The van der Waals surface area contributed by atoms with Crippen molar-refractivity contribution in [2.75, 3.05) is 38.2 Å². The maximum atomic E-state index is 13.3. The standard InChI is InChI=1S/C25H22F3N5O2/c1-35-20-7-2-4-17(14-20)22-8-9-29-23-21(16-30-33(22)23)24(34)32-12-10-31(11-13-32)19-6-3-5-18(15-19)25(26,27)28/h2-9,14-16H,10-13H2,1H3. The first kappa shape index (κ1) is 22.7. The lowest BCUT2D eigenvalue weighted by molar-refractivity contribution is -0.137. The van der Waals surface area contributed by atoms with E-state index in [9.17, 15) is 18.0 Å². The lowest BCUT2D eigenvalue weighted by atomic mass is 10.1. The summed E-state index contributed by atoms with van der Waals surface area (Å²) < 4.78 is 46.1. The van der Waals surface area contributed by atoms with Gasteiger partial charge in [-0.2, -0.15) is 18.3 Å². The monoisotopic (exact) mass is 481 g/mol. The van der Waals surface area contributed by atoms with Crippen molar-refractivity contribution >= 4 is 17.2 Å². The van der Waals surface area contributed by atoms with Gasteiger partial charge in [0.1, 0.15) is 11.3 Å². The summed E-state index contributed by atoms with van der Waals surface area (Å²) >= 11 is 0. The number of carbonyl (C=O) groups excluding carboxylic acids is 1. The summed E-state index contributed by atoms with van der Waals surface area (Å²) in [5.74, 6) is 0.494. The van der Waals surface area contributed by atoms with Crippen LogP contribution in [0.5, 0.6) is 5.75 Å². The summed E-state index contributed by atoms with van der Waals surface area (Å²) in [6.45, 7) is 1.60. The minimum Gasteiger partial charge on any atom is -0.497 e. The van der Waals surface area contributed by atoms with Gasteiger partial charge in [-0.1, -0.05) is 18.2 Å². The van der Waals surface area contributed by atoms with Crippen LogP contribution in [0.25, 0.3) is 16.9 Å². The Bertz CT molecular complexity index is 1380. The molecule has 0 saturated carbocycles. The topological polar surface area (TPSA) is 63.0 Å². The van der Waals surface area contributed by atoms with Crippen LogP contribution in [0.2, 0.25) is 0 Å². The molecule has 0 N–H and O–H groups in total. The Morgan fingerprint density at radius 2 is 1.77 bits per heavy atom. The number of methoxy groups -OCH3 is 1. The lowest BCUT2D eigenvalue weighted by Gasteiger charge is -2.36. The summed E-state index contributed by atoms with van der Waals surface area (Å²) in [6.07, 6.45) is -1.25. The minimum absolute atomic E-state index is 0.209. The van der Waals surface area contributed by atoms with Gasteiger partial charge in [0.15, 0.2) is 5.65 Å². The normalized spacial score (nSPS) is 14.4. The Morgan fingerprint density at radius 3 is 2.51 bits per heavy atom. The van der Waals surface area contributed by atoms with E-state index in [0.717, 1.165) is 23.4 Å². The van der Waals surface area contributed by atoms with Crippen molar-refractivity contribution in [3.8, 4) is 17.0 Å². The molecule has 1 saturated heterocycles. The molecule has 1 fully saturated rings. The van der Waals surface area contributed by atoms with E-state index in [1.807, 2.05) is 35.2 Å². The average molecular weight is 481 g/mol. The van der Waals surface area contributed by atoms with E-state index in [4.69, 9.17) is 4.74 Å². The lowest BCUT2D eigenvalue weighted by Crippen LogP contribution is -2.48. The molecule has 0 atom stereocenters. The molecular weight excluding hydrogens is 459 g/mol. The van der Waals surface area contributed by atoms with Crippen LogP contribution >= 0.6 is 0 Å². The zero-order valence-corrected chi connectivity index (χ0v) is 18.9. The SMILES string of the molecule is COc1cccc(-c2ccnc3c(C(=O)N4CCN(c5cccc(C(F)(F)F)c5)CC4)cnn23)c1. The number of hydrogen-bond donors (Lipinski definition) is 0. The van der Waals surface area contributed by atoms with E-state index < -0.39 is 11.7 Å². The van der Waals surface area contributed by atoms with Crippen molar-refractivity contribution in [1.82, 2.24) is 19.5 Å². The van der Waals surface area contributed by atoms with E-state index in [0.29, 0.717) is 48.8 Å². The van der Waals surface area contributed by atoms with E-state index >= 15 is 0 Å². The number of fused-ring (bicyclic) bond motifs is 1. The molecule has 0 aliphatic carbocycles. The number of ether oxygens (including phenoxy) is 1. The summed E-state index contributed by atoms with van der Waals surface area (Å²) in [4.78, 5) is 21.2. The molecule has 2 aromatic carbocycles. The molecule has 35 heavy (non-hydrogen) atoms. The Kier molecular flexibility index (Phi) is 5.80. The molecule has 0 radical (unpaired) electrons. The molecule has 10 heteroatoms. The van der Waals surface area contributed by atoms with Crippen molar-refractivity contribution in [3.05, 3.63) is 78.1 Å². The van der Waals surface area contributed by atoms with Gasteiger partial charge < -0.3 is 14.5 Å². The average Bonchev–Trinajstić information content (AvgIpc) is 3.32. The minimum atomic E-state index is -4.39. The third-order valence-electron chi connectivity index (χ3n) is 6.10. The summed E-state index contributed by atoms with van der Waals surface area (Å²) in [5.41, 5.74) is 2.26. The van der Waals surface area contributed by atoms with Gasteiger partial charge in [-0.3, -0.25) is 4.79 Å². The fraction of sp³-hybridized carbons (Fsp3) is 0.240. The molecule has 2 aromatic heterocycles. The van der Waals surface area contributed by atoms with E-state index in [2.05, 4.69) is 10.1 Å². The molecule has 1 aliphatic rings. The van der Waals surface area contributed by atoms with Gasteiger partial charge in [0.05, 0.1) is 24.6 Å². The molecule has 180 valence electrons. The Morgan fingerprint density at radius 1 is 1.00 bits per heavy atom. The molecule has 4 aromatic rings. The first-order chi connectivity index (χ1) is 16.8. The first-order valence-corrected chi connectivity index (χ1v) is 11.0. The van der Waals surface area contributed by atoms with Crippen LogP contribution in [0.3, 0.4) is 0 Å². The molecule has 3 heterocycles. The van der Waals surface area contributed by atoms with Crippen molar-refractivity contribution in [2.45, 2.75) is 6.18 Å². The number of nitrogens with zero attached hydrogens (tertiary/aromatic N) is 5. The van der Waals surface area contributed by atoms with E-state index in [1.54, 1.807) is 28.8 Å². The van der Waals surface area contributed by atoms with Crippen molar-refractivity contribution in [3.63, 3.8) is 0 Å². The predicted octanol–water partition coefficient (Wildman–Crippen LogP) is 4.39. The second-order valence-corrected chi connectivity index (χ2v) is 8.18. The highest BCUT2D eigenvalue weighted by Crippen LogP contribution is 2.32. The molecule has 1 amide bonds. The van der Waals surface area contributed by atoms with Crippen LogP contribution in [0.4, 0.5) is 18.9 Å². The van der Waals surface area contributed by atoms with Gasteiger partial charge >= 0.3 is 6.18 Å². The second-order valence-electron chi connectivity index (χ2n) is 8.18. The Labute approximate surface area is 199 Å². The third kappa shape index (κ3) is 4.39. The van der Waals surface area contributed by atoms with Crippen LogP contribution in [-0.4, -0.2) is 58.7 Å². The largest absolute Gasteiger partial charge is 0.497 e. The first-order valence-electron chi connectivity index (χ1n) is 11.0. The highest BCUT2D eigenvalue weighted by Gasteiger charge is 2.31. The van der Waals surface area contributed by atoms with Crippen LogP contribution in [0.1, 0.15) is 15.9 Å². The number of amides is 1. The summed E-state index contributed by atoms with van der Waals surface area (Å²) in [6, 6.07) is 14.6. The van der Waals surface area contributed by atoms with Gasteiger partial charge in [-0.15, -0.1) is 0 Å². The fourth-order valence-corrected chi connectivity index (χ4v) is 4.26.